The third-order valence-electron chi connectivity index (χ3n) is 3.04. The molecule has 0 aromatic heterocycles. The number of ether oxygens (including phenoxy) is 1. The highest BCUT2D eigenvalue weighted by atomic mass is 79.9. The molecule has 2 rings (SSSR count). The van der Waals surface area contributed by atoms with E-state index in [1.807, 2.05) is 25.1 Å². The molecule has 5 heteroatoms. The van der Waals surface area contributed by atoms with E-state index < -0.39 is 0 Å². The van der Waals surface area contributed by atoms with Crippen molar-refractivity contribution in [2.24, 2.45) is 0 Å². The van der Waals surface area contributed by atoms with Crippen LogP contribution in [0.5, 0.6) is 17.2 Å². The van der Waals surface area contributed by atoms with Crippen molar-refractivity contribution in [1.29, 1.82) is 0 Å². The van der Waals surface area contributed by atoms with Crippen molar-refractivity contribution in [2.75, 3.05) is 12.4 Å². The summed E-state index contributed by atoms with van der Waals surface area (Å²) in [6.45, 7) is 1.86. The molecule has 0 aliphatic carbocycles. The fourth-order valence-corrected chi connectivity index (χ4v) is 2.39. The van der Waals surface area contributed by atoms with Gasteiger partial charge in [0.2, 0.25) is 0 Å². The van der Waals surface area contributed by atoms with Gasteiger partial charge in [-0.3, -0.25) is 0 Å². The highest BCUT2D eigenvalue weighted by Gasteiger charge is 2.16. The smallest absolute Gasteiger partial charge is 0.124 e. The van der Waals surface area contributed by atoms with Gasteiger partial charge in [-0.25, -0.2) is 0 Å². The predicted molar refractivity (Wildman–Crippen MR) is 82.5 cm³/mol. The second kappa shape index (κ2) is 6.05. The van der Waals surface area contributed by atoms with E-state index in [1.165, 1.54) is 0 Å². The average Bonchev–Trinajstić information content (AvgIpc) is 2.41. The lowest BCUT2D eigenvalue weighted by molar-refractivity contribution is 0.415. The van der Waals surface area contributed by atoms with Gasteiger partial charge >= 0.3 is 0 Å². The third kappa shape index (κ3) is 2.99. The molecular formula is C15H16BrNO3. The molecule has 106 valence electrons. The van der Waals surface area contributed by atoms with Gasteiger partial charge in [0.05, 0.1) is 24.4 Å². The molecule has 0 aliphatic rings. The lowest BCUT2D eigenvalue weighted by atomic mass is 10.1. The van der Waals surface area contributed by atoms with Crippen LogP contribution >= 0.6 is 15.9 Å². The molecule has 0 fully saturated rings. The van der Waals surface area contributed by atoms with E-state index in [2.05, 4.69) is 21.2 Å². The highest BCUT2D eigenvalue weighted by Crippen LogP contribution is 2.36. The Morgan fingerprint density at radius 1 is 1.15 bits per heavy atom. The molecule has 0 aliphatic heterocycles. The number of phenolic OH excluding ortho intramolecular Hbond substituents is 2. The van der Waals surface area contributed by atoms with Crippen molar-refractivity contribution in [3.8, 4) is 17.2 Å². The Labute approximate surface area is 126 Å². The molecule has 1 atom stereocenters. The van der Waals surface area contributed by atoms with Crippen LogP contribution in [0.25, 0.3) is 0 Å². The Balaban J connectivity index is 2.30. The van der Waals surface area contributed by atoms with Gasteiger partial charge in [0, 0.05) is 10.5 Å². The van der Waals surface area contributed by atoms with Crippen molar-refractivity contribution in [2.45, 2.75) is 13.0 Å². The third-order valence-corrected chi connectivity index (χ3v) is 3.73. The summed E-state index contributed by atoms with van der Waals surface area (Å²) in [6, 6.07) is 10.00. The van der Waals surface area contributed by atoms with E-state index in [1.54, 1.807) is 25.3 Å². The van der Waals surface area contributed by atoms with Gasteiger partial charge in [-0.05, 0) is 47.1 Å². The van der Waals surface area contributed by atoms with E-state index >= 15 is 0 Å². The molecule has 20 heavy (non-hydrogen) atoms. The fourth-order valence-electron chi connectivity index (χ4n) is 2.03. The van der Waals surface area contributed by atoms with Crippen molar-refractivity contribution in [3.05, 3.63) is 46.4 Å². The van der Waals surface area contributed by atoms with E-state index in [0.717, 1.165) is 15.9 Å². The van der Waals surface area contributed by atoms with Gasteiger partial charge < -0.3 is 20.3 Å². The summed E-state index contributed by atoms with van der Waals surface area (Å²) >= 11 is 3.45. The summed E-state index contributed by atoms with van der Waals surface area (Å²) in [7, 11) is 1.60. The van der Waals surface area contributed by atoms with Crippen LogP contribution in [0.4, 0.5) is 5.69 Å². The number of aromatic hydroxyl groups is 2. The van der Waals surface area contributed by atoms with Crippen LogP contribution in [-0.2, 0) is 0 Å². The van der Waals surface area contributed by atoms with Crippen LogP contribution in [0.3, 0.4) is 0 Å². The molecule has 0 heterocycles. The van der Waals surface area contributed by atoms with E-state index in [0.29, 0.717) is 5.56 Å². The highest BCUT2D eigenvalue weighted by molar-refractivity contribution is 9.10. The maximum atomic E-state index is 9.87. The molecule has 2 aromatic carbocycles. The van der Waals surface area contributed by atoms with Crippen LogP contribution in [-0.4, -0.2) is 17.3 Å². The molecule has 0 saturated heterocycles. The number of hydrogen-bond donors (Lipinski definition) is 3. The number of nitrogens with one attached hydrogen (secondary N) is 1. The minimum absolute atomic E-state index is 0.0593. The van der Waals surface area contributed by atoms with Gasteiger partial charge in [0.15, 0.2) is 0 Å². The lowest BCUT2D eigenvalue weighted by Gasteiger charge is -2.19. The first-order valence-corrected chi connectivity index (χ1v) is 6.93. The van der Waals surface area contributed by atoms with Crippen molar-refractivity contribution < 1.29 is 14.9 Å². The standard InChI is InChI=1S/C15H16BrNO3/c1-9(15-13(18)4-3-5-14(15)19)17-12-8-10(20-2)6-7-11(12)16/h3-9,17-19H,1-2H3. The van der Waals surface area contributed by atoms with Crippen molar-refractivity contribution in [3.63, 3.8) is 0 Å². The Kier molecular flexibility index (Phi) is 4.39. The quantitative estimate of drug-likeness (QED) is 0.787. The summed E-state index contributed by atoms with van der Waals surface area (Å²) in [4.78, 5) is 0. The largest absolute Gasteiger partial charge is 0.507 e. The second-order valence-electron chi connectivity index (χ2n) is 4.42. The number of halogens is 1. The van der Waals surface area contributed by atoms with Gasteiger partial charge in [-0.15, -0.1) is 0 Å². The summed E-state index contributed by atoms with van der Waals surface area (Å²) in [6.07, 6.45) is 0. The van der Waals surface area contributed by atoms with Crippen LogP contribution in [0.2, 0.25) is 0 Å². The molecule has 0 radical (unpaired) electrons. The summed E-state index contributed by atoms with van der Waals surface area (Å²) in [5.41, 5.74) is 1.28. The topological polar surface area (TPSA) is 61.7 Å². The maximum Gasteiger partial charge on any atom is 0.124 e. The summed E-state index contributed by atoms with van der Waals surface area (Å²) in [5.74, 6) is 0.845. The molecule has 2 aromatic rings. The van der Waals surface area contributed by atoms with Crippen LogP contribution < -0.4 is 10.1 Å². The molecule has 3 N–H and O–H groups in total. The van der Waals surface area contributed by atoms with Gasteiger partial charge in [0.25, 0.3) is 0 Å². The molecule has 0 amide bonds. The SMILES string of the molecule is COc1ccc(Br)c(NC(C)c2c(O)cccc2O)c1. The van der Waals surface area contributed by atoms with Crippen LogP contribution in [0.1, 0.15) is 18.5 Å². The number of methoxy groups -OCH3 is 1. The zero-order chi connectivity index (χ0) is 14.7. The first-order chi connectivity index (χ1) is 9.52. The average molecular weight is 338 g/mol. The minimum atomic E-state index is -0.264. The lowest BCUT2D eigenvalue weighted by Crippen LogP contribution is -2.07. The second-order valence-corrected chi connectivity index (χ2v) is 5.28. The Hall–Kier alpha value is -1.88. The first-order valence-electron chi connectivity index (χ1n) is 6.14. The fraction of sp³-hybridized carbons (Fsp3) is 0.200. The molecule has 0 bridgehead atoms. The van der Waals surface area contributed by atoms with Crippen molar-refractivity contribution in [1.82, 2.24) is 0 Å². The number of benzene rings is 2. The Bertz CT molecular complexity index is 596. The molecule has 0 saturated carbocycles. The number of phenols is 2. The Morgan fingerprint density at radius 2 is 1.80 bits per heavy atom. The monoisotopic (exact) mass is 337 g/mol. The van der Waals surface area contributed by atoms with E-state index in [9.17, 15) is 10.2 Å². The zero-order valence-corrected chi connectivity index (χ0v) is 12.8. The minimum Gasteiger partial charge on any atom is -0.507 e. The van der Waals surface area contributed by atoms with E-state index in [-0.39, 0.29) is 17.5 Å². The maximum absolute atomic E-state index is 9.87. The normalized spacial score (nSPS) is 11.9. The Morgan fingerprint density at radius 3 is 2.40 bits per heavy atom. The van der Waals surface area contributed by atoms with Gasteiger partial charge in [-0.1, -0.05) is 6.07 Å². The van der Waals surface area contributed by atoms with Gasteiger partial charge in [-0.2, -0.15) is 0 Å². The molecule has 1 unspecified atom stereocenters. The molecular weight excluding hydrogens is 322 g/mol. The number of anilines is 1. The van der Waals surface area contributed by atoms with Gasteiger partial charge in [0.1, 0.15) is 17.2 Å². The van der Waals surface area contributed by atoms with Crippen molar-refractivity contribution >= 4 is 21.6 Å². The molecule has 4 nitrogen and oxygen atoms in total. The van der Waals surface area contributed by atoms with Crippen LogP contribution in [0, 0.1) is 0 Å². The predicted octanol–water partition coefficient (Wildman–Crippen LogP) is 4.04. The first kappa shape index (κ1) is 14.5. The number of hydrogen-bond acceptors (Lipinski definition) is 4. The number of rotatable bonds is 4. The molecule has 0 spiro atoms. The summed E-state index contributed by atoms with van der Waals surface area (Å²) in [5, 5.41) is 23.0. The van der Waals surface area contributed by atoms with E-state index in [4.69, 9.17) is 4.74 Å². The van der Waals surface area contributed by atoms with Crippen LogP contribution in [0.15, 0.2) is 40.9 Å². The zero-order valence-electron chi connectivity index (χ0n) is 11.2. The summed E-state index contributed by atoms with van der Waals surface area (Å²) < 4.78 is 6.06.